The molecule has 0 atom stereocenters. The molecule has 10 aromatic rings. The van der Waals surface area contributed by atoms with Gasteiger partial charge in [0, 0.05) is 27.6 Å². The van der Waals surface area contributed by atoms with Gasteiger partial charge in [0.15, 0.2) is 5.82 Å². The van der Waals surface area contributed by atoms with Gasteiger partial charge in [0.2, 0.25) is 0 Å². The molecule has 0 aliphatic rings. The van der Waals surface area contributed by atoms with Gasteiger partial charge >= 0.3 is 0 Å². The van der Waals surface area contributed by atoms with Crippen LogP contribution in [0.15, 0.2) is 224 Å². The van der Waals surface area contributed by atoms with Crippen LogP contribution >= 0.6 is 0 Å². The van der Waals surface area contributed by atoms with E-state index in [0.29, 0.717) is 5.82 Å². The second-order valence-corrected chi connectivity index (χ2v) is 14.4. The first-order valence-electron chi connectivity index (χ1n) is 19.6. The van der Waals surface area contributed by atoms with Crippen LogP contribution in [0.4, 0.5) is 0 Å². The summed E-state index contributed by atoms with van der Waals surface area (Å²) >= 11 is 0. The Labute approximate surface area is 338 Å². The van der Waals surface area contributed by atoms with Crippen LogP contribution in [0.3, 0.4) is 0 Å². The van der Waals surface area contributed by atoms with Crippen LogP contribution in [0.5, 0.6) is 0 Å². The minimum atomic E-state index is 0.687. The monoisotopic (exact) mass is 739 g/mol. The summed E-state index contributed by atoms with van der Waals surface area (Å²) in [5.74, 6) is 0.687. The summed E-state index contributed by atoms with van der Waals surface area (Å²) in [6.45, 7) is 0. The summed E-state index contributed by atoms with van der Waals surface area (Å²) in [7, 11) is 0. The molecule has 58 heavy (non-hydrogen) atoms. The van der Waals surface area contributed by atoms with Crippen LogP contribution < -0.4 is 0 Å². The Morgan fingerprint density at radius 3 is 1.07 bits per heavy atom. The number of fused-ring (bicyclic) bond motifs is 1. The van der Waals surface area contributed by atoms with Crippen molar-refractivity contribution in [3.63, 3.8) is 0 Å². The van der Waals surface area contributed by atoms with Crippen LogP contribution in [0.2, 0.25) is 0 Å². The molecule has 0 saturated carbocycles. The first kappa shape index (κ1) is 34.7. The molecule has 0 amide bonds. The number of benzene rings is 8. The Kier molecular flexibility index (Phi) is 9.23. The molecule has 0 fully saturated rings. The number of pyridine rings is 1. The second-order valence-electron chi connectivity index (χ2n) is 14.4. The maximum absolute atomic E-state index is 5.24. The van der Waals surface area contributed by atoms with E-state index in [0.717, 1.165) is 72.5 Å². The first-order valence-corrected chi connectivity index (χ1v) is 19.6. The Balaban J connectivity index is 1.07. The van der Waals surface area contributed by atoms with E-state index in [1.54, 1.807) is 0 Å². The van der Waals surface area contributed by atoms with Crippen LogP contribution in [0.1, 0.15) is 0 Å². The number of hydrogen-bond donors (Lipinski definition) is 0. The highest BCUT2D eigenvalue weighted by atomic mass is 14.9. The zero-order valence-corrected chi connectivity index (χ0v) is 31.7. The molecule has 272 valence electrons. The fourth-order valence-electron chi connectivity index (χ4n) is 7.63. The van der Waals surface area contributed by atoms with Gasteiger partial charge in [-0.3, -0.25) is 0 Å². The van der Waals surface area contributed by atoms with E-state index in [-0.39, 0.29) is 0 Å². The molecule has 2 heterocycles. The second kappa shape index (κ2) is 15.4. The van der Waals surface area contributed by atoms with Gasteiger partial charge in [-0.05, 0) is 68.8 Å². The highest BCUT2D eigenvalue weighted by molar-refractivity contribution is 5.99. The summed E-state index contributed by atoms with van der Waals surface area (Å²) in [6, 6.07) is 78.7. The van der Waals surface area contributed by atoms with Gasteiger partial charge in [-0.1, -0.05) is 200 Å². The smallest absolute Gasteiger partial charge is 0.160 e. The standard InChI is InChI=1S/C55H37N3/c1-5-13-38(14-6-1)40-21-23-42(24-22-40)48-33-34-51-50(35-48)49(36-52(56-51)46-29-25-41(26-30-46)39-15-7-2-8-16-39)43-27-31-47(32-28-43)55-57-53(44-17-9-3-10-18-44)37-54(58-55)45-19-11-4-12-20-45/h1-37H. The molecule has 0 bridgehead atoms. The van der Waals surface area contributed by atoms with Gasteiger partial charge in [-0.15, -0.1) is 0 Å². The highest BCUT2D eigenvalue weighted by Gasteiger charge is 2.15. The summed E-state index contributed by atoms with van der Waals surface area (Å²) in [6.07, 6.45) is 0. The van der Waals surface area contributed by atoms with E-state index in [1.807, 2.05) is 42.5 Å². The molecular weight excluding hydrogens is 703 g/mol. The summed E-state index contributed by atoms with van der Waals surface area (Å²) in [5, 5.41) is 1.09. The molecule has 0 radical (unpaired) electrons. The number of hydrogen-bond acceptors (Lipinski definition) is 3. The number of nitrogens with zero attached hydrogens (tertiary/aromatic N) is 3. The molecule has 3 heteroatoms. The molecule has 0 saturated heterocycles. The van der Waals surface area contributed by atoms with Crippen LogP contribution in [-0.2, 0) is 0 Å². The predicted octanol–water partition coefficient (Wildman–Crippen LogP) is 14.4. The van der Waals surface area contributed by atoms with Gasteiger partial charge in [0.05, 0.1) is 22.6 Å². The fourth-order valence-corrected chi connectivity index (χ4v) is 7.63. The van der Waals surface area contributed by atoms with Crippen LogP contribution in [0, 0.1) is 0 Å². The van der Waals surface area contributed by atoms with E-state index >= 15 is 0 Å². The average Bonchev–Trinajstić information content (AvgIpc) is 3.32. The van der Waals surface area contributed by atoms with Crippen LogP contribution in [0.25, 0.3) is 101 Å². The number of aromatic nitrogens is 3. The Hall–Kier alpha value is -7.75. The maximum Gasteiger partial charge on any atom is 0.160 e. The molecular formula is C55H37N3. The molecule has 8 aromatic carbocycles. The van der Waals surface area contributed by atoms with E-state index in [4.69, 9.17) is 15.0 Å². The molecule has 3 nitrogen and oxygen atoms in total. The molecule has 0 aliphatic heterocycles. The summed E-state index contributed by atoms with van der Waals surface area (Å²) in [5.41, 5.74) is 17.1. The Morgan fingerprint density at radius 2 is 0.569 bits per heavy atom. The minimum absolute atomic E-state index is 0.687. The largest absolute Gasteiger partial charge is 0.248 e. The maximum atomic E-state index is 5.24. The molecule has 0 aliphatic carbocycles. The lowest BCUT2D eigenvalue weighted by Crippen LogP contribution is -1.96. The van der Waals surface area contributed by atoms with E-state index in [2.05, 4.69) is 182 Å². The molecule has 0 N–H and O–H groups in total. The molecule has 2 aromatic heterocycles. The quantitative estimate of drug-likeness (QED) is 0.156. The summed E-state index contributed by atoms with van der Waals surface area (Å²) < 4.78 is 0. The van der Waals surface area contributed by atoms with Crippen molar-refractivity contribution in [1.29, 1.82) is 0 Å². The van der Waals surface area contributed by atoms with Gasteiger partial charge < -0.3 is 0 Å². The van der Waals surface area contributed by atoms with E-state index in [1.165, 1.54) is 22.3 Å². The lowest BCUT2D eigenvalue weighted by atomic mass is 9.94. The normalized spacial score (nSPS) is 11.1. The fraction of sp³-hybridized carbons (Fsp3) is 0. The lowest BCUT2D eigenvalue weighted by Gasteiger charge is -2.14. The van der Waals surface area contributed by atoms with E-state index < -0.39 is 0 Å². The zero-order chi connectivity index (χ0) is 38.7. The third-order valence-corrected chi connectivity index (χ3v) is 10.7. The number of rotatable bonds is 8. The van der Waals surface area contributed by atoms with Crippen molar-refractivity contribution in [3.05, 3.63) is 224 Å². The summed E-state index contributed by atoms with van der Waals surface area (Å²) in [4.78, 5) is 15.4. The Bertz CT molecular complexity index is 2920. The van der Waals surface area contributed by atoms with Gasteiger partial charge in [-0.2, -0.15) is 0 Å². The van der Waals surface area contributed by atoms with Gasteiger partial charge in [0.25, 0.3) is 0 Å². The topological polar surface area (TPSA) is 38.7 Å². The predicted molar refractivity (Wildman–Crippen MR) is 241 cm³/mol. The lowest BCUT2D eigenvalue weighted by molar-refractivity contribution is 1.18. The molecule has 0 spiro atoms. The average molecular weight is 740 g/mol. The van der Waals surface area contributed by atoms with Crippen LogP contribution in [-0.4, -0.2) is 15.0 Å². The van der Waals surface area contributed by atoms with Gasteiger partial charge in [0.1, 0.15) is 0 Å². The highest BCUT2D eigenvalue weighted by Crippen LogP contribution is 2.37. The van der Waals surface area contributed by atoms with Crippen molar-refractivity contribution in [2.24, 2.45) is 0 Å². The van der Waals surface area contributed by atoms with Gasteiger partial charge in [-0.25, -0.2) is 15.0 Å². The Morgan fingerprint density at radius 1 is 0.224 bits per heavy atom. The van der Waals surface area contributed by atoms with E-state index in [9.17, 15) is 0 Å². The van der Waals surface area contributed by atoms with Crippen molar-refractivity contribution in [1.82, 2.24) is 15.0 Å². The minimum Gasteiger partial charge on any atom is -0.248 e. The first-order chi connectivity index (χ1) is 28.7. The third-order valence-electron chi connectivity index (χ3n) is 10.7. The van der Waals surface area contributed by atoms with Crippen molar-refractivity contribution in [2.75, 3.05) is 0 Å². The SMILES string of the molecule is c1ccc(-c2ccc(-c3ccc4nc(-c5ccc(-c6ccccc6)cc5)cc(-c5ccc(-c6nc(-c7ccccc7)cc(-c7ccccc7)n6)cc5)c4c3)cc2)cc1. The third kappa shape index (κ3) is 7.09. The zero-order valence-electron chi connectivity index (χ0n) is 31.7. The van der Waals surface area contributed by atoms with Crippen molar-refractivity contribution >= 4 is 10.9 Å². The van der Waals surface area contributed by atoms with Crippen molar-refractivity contribution in [2.45, 2.75) is 0 Å². The van der Waals surface area contributed by atoms with Crippen molar-refractivity contribution < 1.29 is 0 Å². The molecule has 0 unspecified atom stereocenters. The molecule has 10 rings (SSSR count). The van der Waals surface area contributed by atoms with Crippen molar-refractivity contribution in [3.8, 4) is 89.7 Å².